The van der Waals surface area contributed by atoms with Gasteiger partial charge in [0.05, 0.1) is 12.2 Å². The number of ether oxygens (including phenoxy) is 2. The van der Waals surface area contributed by atoms with Crippen LogP contribution >= 0.6 is 11.8 Å². The van der Waals surface area contributed by atoms with Gasteiger partial charge in [0.1, 0.15) is 10.8 Å². The molecule has 24 heavy (non-hydrogen) atoms. The van der Waals surface area contributed by atoms with Gasteiger partial charge in [0.15, 0.2) is 6.10 Å². The van der Waals surface area contributed by atoms with Crippen LogP contribution in [0.1, 0.15) is 34.6 Å². The van der Waals surface area contributed by atoms with Gasteiger partial charge in [-0.05, 0) is 56.5 Å². The van der Waals surface area contributed by atoms with E-state index in [9.17, 15) is 9.59 Å². The molecule has 126 valence electrons. The molecule has 2 rings (SSSR count). The molecule has 0 bridgehead atoms. The molecule has 1 atom stereocenters. The number of thioether (sulfide) groups is 1. The number of carbonyl (C=O) groups is 2. The average Bonchev–Trinajstić information content (AvgIpc) is 2.61. The number of pyridine rings is 1. The van der Waals surface area contributed by atoms with Crippen LogP contribution in [0.2, 0.25) is 0 Å². The first kappa shape index (κ1) is 18.0. The summed E-state index contributed by atoms with van der Waals surface area (Å²) in [6, 6.07) is 10.1. The maximum atomic E-state index is 12.4. The summed E-state index contributed by atoms with van der Waals surface area (Å²) < 4.78 is 10.6. The van der Waals surface area contributed by atoms with Crippen LogP contribution in [0.3, 0.4) is 0 Å². The average molecular weight is 345 g/mol. The van der Waals surface area contributed by atoms with Gasteiger partial charge in [-0.2, -0.15) is 0 Å². The summed E-state index contributed by atoms with van der Waals surface area (Å²) in [4.78, 5) is 28.8. The molecule has 0 spiro atoms. The molecule has 6 heteroatoms. The number of benzene rings is 1. The third kappa shape index (κ3) is 4.35. The Morgan fingerprint density at radius 1 is 1.21 bits per heavy atom. The van der Waals surface area contributed by atoms with Crippen molar-refractivity contribution < 1.29 is 19.1 Å². The van der Waals surface area contributed by atoms with Gasteiger partial charge in [-0.1, -0.05) is 0 Å². The van der Waals surface area contributed by atoms with Gasteiger partial charge in [0.2, 0.25) is 5.78 Å². The molecule has 1 heterocycles. The number of aromatic nitrogens is 1. The first-order valence-electron chi connectivity index (χ1n) is 7.53. The second kappa shape index (κ2) is 8.49. The van der Waals surface area contributed by atoms with Crippen LogP contribution in [0, 0.1) is 0 Å². The molecular formula is C18H19NO4S. The number of ketones is 1. The summed E-state index contributed by atoms with van der Waals surface area (Å²) in [5.74, 6) is -0.126. The Hall–Kier alpha value is -2.34. The Kier molecular flexibility index (Phi) is 6.37. The van der Waals surface area contributed by atoms with Crippen LogP contribution in [-0.2, 0) is 4.74 Å². The lowest BCUT2D eigenvalue weighted by atomic mass is 10.1. The molecule has 1 aromatic heterocycles. The van der Waals surface area contributed by atoms with Crippen molar-refractivity contribution in [2.24, 2.45) is 0 Å². The SMILES string of the molecule is CCOc1ccc(C(=O)C(C)OC(=O)c2cccnc2SC)cc1. The van der Waals surface area contributed by atoms with Gasteiger partial charge < -0.3 is 9.47 Å². The Bertz CT molecular complexity index is 715. The fourth-order valence-corrected chi connectivity index (χ4v) is 2.64. The minimum atomic E-state index is -0.884. The van der Waals surface area contributed by atoms with Crippen LogP contribution in [0.15, 0.2) is 47.6 Å². The summed E-state index contributed by atoms with van der Waals surface area (Å²) >= 11 is 1.35. The van der Waals surface area contributed by atoms with Gasteiger partial charge in [-0.25, -0.2) is 9.78 Å². The molecule has 0 amide bonds. The predicted molar refractivity (Wildman–Crippen MR) is 92.8 cm³/mol. The highest BCUT2D eigenvalue weighted by Crippen LogP contribution is 2.19. The van der Waals surface area contributed by atoms with E-state index in [0.29, 0.717) is 28.5 Å². The van der Waals surface area contributed by atoms with Gasteiger partial charge in [-0.15, -0.1) is 11.8 Å². The third-order valence-electron chi connectivity index (χ3n) is 3.29. The van der Waals surface area contributed by atoms with Crippen molar-refractivity contribution in [1.82, 2.24) is 4.98 Å². The van der Waals surface area contributed by atoms with E-state index in [1.54, 1.807) is 49.5 Å². The number of nitrogens with zero attached hydrogens (tertiary/aromatic N) is 1. The monoisotopic (exact) mass is 345 g/mol. The molecule has 0 saturated carbocycles. The molecule has 0 N–H and O–H groups in total. The van der Waals surface area contributed by atoms with Crippen LogP contribution in [0.5, 0.6) is 5.75 Å². The molecule has 0 fully saturated rings. The number of hydrogen-bond acceptors (Lipinski definition) is 6. The predicted octanol–water partition coefficient (Wildman–Crippen LogP) is 3.63. The minimum absolute atomic E-state index is 0.263. The molecule has 0 aliphatic rings. The molecule has 0 aliphatic carbocycles. The molecule has 1 unspecified atom stereocenters. The lowest BCUT2D eigenvalue weighted by molar-refractivity contribution is 0.0314. The standard InChI is InChI=1S/C18H19NO4S/c1-4-22-14-9-7-13(8-10-14)16(20)12(2)23-18(21)15-6-5-11-19-17(15)24-3/h5-12H,4H2,1-3H3. The summed E-state index contributed by atoms with van der Waals surface area (Å²) in [5, 5.41) is 0.572. The zero-order valence-electron chi connectivity index (χ0n) is 13.8. The van der Waals surface area contributed by atoms with Crippen molar-refractivity contribution in [3.8, 4) is 5.75 Å². The summed E-state index contributed by atoms with van der Waals surface area (Å²) in [6.07, 6.45) is 2.55. The lowest BCUT2D eigenvalue weighted by Gasteiger charge is -2.13. The van der Waals surface area contributed by atoms with Crippen molar-refractivity contribution in [3.63, 3.8) is 0 Å². The molecule has 0 aliphatic heterocycles. The first-order chi connectivity index (χ1) is 11.6. The third-order valence-corrected chi connectivity index (χ3v) is 4.00. The maximum Gasteiger partial charge on any atom is 0.341 e. The Morgan fingerprint density at radius 3 is 2.54 bits per heavy atom. The van der Waals surface area contributed by atoms with Gasteiger partial charge in [0.25, 0.3) is 0 Å². The fourth-order valence-electron chi connectivity index (χ4n) is 2.10. The van der Waals surface area contributed by atoms with E-state index in [2.05, 4.69) is 4.98 Å². The quantitative estimate of drug-likeness (QED) is 0.434. The fraction of sp³-hybridized carbons (Fsp3) is 0.278. The van der Waals surface area contributed by atoms with Crippen molar-refractivity contribution >= 4 is 23.5 Å². The summed E-state index contributed by atoms with van der Waals surface area (Å²) in [5.41, 5.74) is 0.825. The molecule has 0 saturated heterocycles. The molecule has 2 aromatic rings. The Labute approximate surface area is 145 Å². The van der Waals surface area contributed by atoms with Gasteiger partial charge >= 0.3 is 5.97 Å². The molecule has 0 radical (unpaired) electrons. The van der Waals surface area contributed by atoms with Crippen LogP contribution < -0.4 is 4.74 Å². The van der Waals surface area contributed by atoms with Crippen molar-refractivity contribution in [1.29, 1.82) is 0 Å². The number of rotatable bonds is 7. The summed E-state index contributed by atoms with van der Waals surface area (Å²) in [7, 11) is 0. The van der Waals surface area contributed by atoms with E-state index in [-0.39, 0.29) is 5.78 Å². The zero-order chi connectivity index (χ0) is 17.5. The minimum Gasteiger partial charge on any atom is -0.494 e. The van der Waals surface area contributed by atoms with Gasteiger partial charge in [-0.3, -0.25) is 4.79 Å². The molecule has 1 aromatic carbocycles. The second-order valence-corrected chi connectivity index (χ2v) is 5.72. The maximum absolute atomic E-state index is 12.4. The Morgan fingerprint density at radius 2 is 1.92 bits per heavy atom. The number of hydrogen-bond donors (Lipinski definition) is 0. The van der Waals surface area contributed by atoms with Crippen LogP contribution in [0.4, 0.5) is 0 Å². The highest BCUT2D eigenvalue weighted by Gasteiger charge is 2.22. The Balaban J connectivity index is 2.06. The number of esters is 1. The lowest BCUT2D eigenvalue weighted by Crippen LogP contribution is -2.24. The molecule has 5 nitrogen and oxygen atoms in total. The van der Waals surface area contributed by atoms with E-state index in [1.165, 1.54) is 11.8 Å². The smallest absolute Gasteiger partial charge is 0.341 e. The van der Waals surface area contributed by atoms with E-state index >= 15 is 0 Å². The zero-order valence-corrected chi connectivity index (χ0v) is 14.6. The molecular weight excluding hydrogens is 326 g/mol. The van der Waals surface area contributed by atoms with Crippen LogP contribution in [-0.4, -0.2) is 35.7 Å². The number of carbonyl (C=O) groups excluding carboxylic acids is 2. The van der Waals surface area contributed by atoms with Crippen molar-refractivity contribution in [2.45, 2.75) is 25.0 Å². The normalized spacial score (nSPS) is 11.6. The highest BCUT2D eigenvalue weighted by molar-refractivity contribution is 7.98. The highest BCUT2D eigenvalue weighted by atomic mass is 32.2. The van der Waals surface area contributed by atoms with Crippen LogP contribution in [0.25, 0.3) is 0 Å². The largest absolute Gasteiger partial charge is 0.494 e. The second-order valence-electron chi connectivity index (χ2n) is 4.93. The van der Waals surface area contributed by atoms with E-state index in [1.807, 2.05) is 13.2 Å². The summed E-state index contributed by atoms with van der Waals surface area (Å²) in [6.45, 7) is 4.01. The topological polar surface area (TPSA) is 65.5 Å². The van der Waals surface area contributed by atoms with Crippen molar-refractivity contribution in [2.75, 3.05) is 12.9 Å². The van der Waals surface area contributed by atoms with Crippen molar-refractivity contribution in [3.05, 3.63) is 53.7 Å². The first-order valence-corrected chi connectivity index (χ1v) is 8.76. The van der Waals surface area contributed by atoms with E-state index < -0.39 is 12.1 Å². The number of Topliss-reactive ketones (excluding diaryl/α,β-unsaturated/α-hetero) is 1. The van der Waals surface area contributed by atoms with E-state index in [0.717, 1.165) is 0 Å². The van der Waals surface area contributed by atoms with E-state index in [4.69, 9.17) is 9.47 Å². The van der Waals surface area contributed by atoms with Gasteiger partial charge in [0, 0.05) is 11.8 Å².